The Balaban J connectivity index is 1.77. The molecule has 0 N–H and O–H groups in total. The first-order valence-corrected chi connectivity index (χ1v) is 8.35. The molecule has 2 aromatic heterocycles. The maximum atomic E-state index is 5.88. The number of nitrogens with zero attached hydrogens (tertiary/aromatic N) is 6. The Morgan fingerprint density at radius 1 is 1.41 bits per heavy atom. The topological polar surface area (TPSA) is 69.0 Å². The zero-order valence-electron chi connectivity index (χ0n) is 13.5. The molecule has 0 unspecified atom stereocenters. The van der Waals surface area contributed by atoms with Gasteiger partial charge in [0.15, 0.2) is 5.82 Å². The van der Waals surface area contributed by atoms with Crippen molar-refractivity contribution in [1.29, 1.82) is 0 Å². The highest BCUT2D eigenvalue weighted by molar-refractivity contribution is 7.09. The van der Waals surface area contributed by atoms with E-state index in [1.807, 2.05) is 4.57 Å². The van der Waals surface area contributed by atoms with Gasteiger partial charge in [0.25, 0.3) is 0 Å². The lowest BCUT2D eigenvalue weighted by atomic mass is 9.96. The predicted molar refractivity (Wildman–Crippen MR) is 85.2 cm³/mol. The van der Waals surface area contributed by atoms with Crippen molar-refractivity contribution in [2.75, 3.05) is 24.6 Å². The Kier molecular flexibility index (Phi) is 4.14. The Hall–Kier alpha value is -1.54. The summed E-state index contributed by atoms with van der Waals surface area (Å²) in [6.45, 7) is 11.5. The van der Waals surface area contributed by atoms with E-state index in [0.717, 1.165) is 36.4 Å². The second-order valence-corrected chi connectivity index (χ2v) is 7.16. The van der Waals surface area contributed by atoms with Gasteiger partial charge in [0.2, 0.25) is 5.13 Å². The number of aromatic nitrogens is 5. The molecule has 0 spiro atoms. The Labute approximate surface area is 134 Å². The zero-order valence-corrected chi connectivity index (χ0v) is 14.3. The number of anilines is 1. The van der Waals surface area contributed by atoms with Crippen molar-refractivity contribution >= 4 is 16.7 Å². The third-order valence-corrected chi connectivity index (χ3v) is 4.47. The van der Waals surface area contributed by atoms with Crippen LogP contribution in [0.25, 0.3) is 0 Å². The van der Waals surface area contributed by atoms with Gasteiger partial charge >= 0.3 is 0 Å². The number of aryl methyl sites for hydroxylation is 1. The van der Waals surface area contributed by atoms with Gasteiger partial charge in [-0.25, -0.2) is 4.98 Å². The normalized spacial score (nSPS) is 19.6. The molecule has 1 aliphatic heterocycles. The van der Waals surface area contributed by atoms with Gasteiger partial charge in [-0.15, -0.1) is 10.2 Å². The Bertz CT molecular complexity index is 631. The zero-order chi connectivity index (χ0) is 15.7. The third kappa shape index (κ3) is 2.98. The second kappa shape index (κ2) is 5.92. The summed E-state index contributed by atoms with van der Waals surface area (Å²) in [5.74, 6) is 1.78. The third-order valence-electron chi connectivity index (χ3n) is 3.70. The van der Waals surface area contributed by atoms with E-state index >= 15 is 0 Å². The standard InChI is InChI=1S/C14H22N6OS/c1-5-19-9-15-17-11(19)10-8-20(6-7-21-10)13-16-12(18-22-13)14(2,3)4/h9-10H,5-8H2,1-4H3/t10-/m0/s1. The van der Waals surface area contributed by atoms with Crippen LogP contribution in [0, 0.1) is 0 Å². The first kappa shape index (κ1) is 15.4. The first-order valence-electron chi connectivity index (χ1n) is 7.57. The highest BCUT2D eigenvalue weighted by atomic mass is 32.1. The fourth-order valence-electron chi connectivity index (χ4n) is 2.38. The Morgan fingerprint density at radius 2 is 2.23 bits per heavy atom. The van der Waals surface area contributed by atoms with Crippen molar-refractivity contribution in [2.45, 2.75) is 45.8 Å². The van der Waals surface area contributed by atoms with E-state index in [2.05, 4.69) is 47.2 Å². The average molecular weight is 322 g/mol. The molecule has 0 aromatic carbocycles. The van der Waals surface area contributed by atoms with Gasteiger partial charge < -0.3 is 14.2 Å². The highest BCUT2D eigenvalue weighted by Crippen LogP contribution is 2.29. The maximum absolute atomic E-state index is 5.88. The molecule has 0 saturated carbocycles. The molecule has 1 fully saturated rings. The lowest BCUT2D eigenvalue weighted by Gasteiger charge is -2.32. The van der Waals surface area contributed by atoms with E-state index < -0.39 is 0 Å². The van der Waals surface area contributed by atoms with Crippen LogP contribution in [-0.2, 0) is 16.7 Å². The molecule has 0 aliphatic carbocycles. The van der Waals surface area contributed by atoms with Crippen molar-refractivity contribution in [3.63, 3.8) is 0 Å². The first-order chi connectivity index (χ1) is 10.5. The van der Waals surface area contributed by atoms with Crippen LogP contribution >= 0.6 is 11.5 Å². The summed E-state index contributed by atoms with van der Waals surface area (Å²) >= 11 is 1.46. The van der Waals surface area contributed by atoms with Crippen LogP contribution in [0.2, 0.25) is 0 Å². The van der Waals surface area contributed by atoms with Crippen LogP contribution < -0.4 is 4.90 Å². The lowest BCUT2D eigenvalue weighted by Crippen LogP contribution is -2.39. The molecule has 1 saturated heterocycles. The number of morpholine rings is 1. The molecule has 0 bridgehead atoms. The summed E-state index contributed by atoms with van der Waals surface area (Å²) in [5, 5.41) is 9.16. The largest absolute Gasteiger partial charge is 0.366 e. The number of ether oxygens (including phenoxy) is 1. The summed E-state index contributed by atoms with van der Waals surface area (Å²) in [5.41, 5.74) is -0.0250. The van der Waals surface area contributed by atoms with Gasteiger partial charge in [-0.05, 0) is 6.92 Å². The molecular formula is C14H22N6OS. The average Bonchev–Trinajstić information content (AvgIpc) is 3.16. The van der Waals surface area contributed by atoms with Gasteiger partial charge in [-0.3, -0.25) is 0 Å². The molecule has 3 heterocycles. The van der Waals surface area contributed by atoms with E-state index in [0.29, 0.717) is 6.61 Å². The molecule has 7 nitrogen and oxygen atoms in total. The molecular weight excluding hydrogens is 300 g/mol. The van der Waals surface area contributed by atoms with Crippen molar-refractivity contribution in [2.24, 2.45) is 0 Å². The van der Waals surface area contributed by atoms with Crippen LogP contribution in [0.3, 0.4) is 0 Å². The summed E-state index contributed by atoms with van der Waals surface area (Å²) in [6.07, 6.45) is 1.68. The number of rotatable bonds is 3. The minimum atomic E-state index is -0.0711. The van der Waals surface area contributed by atoms with Crippen LogP contribution in [0.15, 0.2) is 6.33 Å². The quantitative estimate of drug-likeness (QED) is 0.861. The molecule has 0 amide bonds. The predicted octanol–water partition coefficient (Wildman–Crippen LogP) is 2.02. The van der Waals surface area contributed by atoms with Crippen LogP contribution in [-0.4, -0.2) is 43.8 Å². The van der Waals surface area contributed by atoms with E-state index in [1.165, 1.54) is 11.5 Å². The van der Waals surface area contributed by atoms with Crippen molar-refractivity contribution < 1.29 is 4.74 Å². The second-order valence-electron chi connectivity index (χ2n) is 6.43. The highest BCUT2D eigenvalue weighted by Gasteiger charge is 2.29. The number of hydrogen-bond acceptors (Lipinski definition) is 7. The summed E-state index contributed by atoms with van der Waals surface area (Å²) in [7, 11) is 0. The molecule has 3 rings (SSSR count). The lowest BCUT2D eigenvalue weighted by molar-refractivity contribution is 0.0316. The van der Waals surface area contributed by atoms with Crippen LogP contribution in [0.5, 0.6) is 0 Å². The summed E-state index contributed by atoms with van der Waals surface area (Å²) < 4.78 is 12.4. The number of hydrogen-bond donors (Lipinski definition) is 0. The minimum absolute atomic E-state index is 0.0250. The van der Waals surface area contributed by atoms with Crippen molar-refractivity contribution in [3.8, 4) is 0 Å². The van der Waals surface area contributed by atoms with Gasteiger partial charge in [0.05, 0.1) is 13.2 Å². The van der Waals surface area contributed by atoms with E-state index in [1.54, 1.807) is 6.33 Å². The van der Waals surface area contributed by atoms with Gasteiger partial charge in [-0.2, -0.15) is 4.37 Å². The van der Waals surface area contributed by atoms with Crippen molar-refractivity contribution in [3.05, 3.63) is 18.0 Å². The van der Waals surface area contributed by atoms with Gasteiger partial charge in [0, 0.05) is 30.0 Å². The van der Waals surface area contributed by atoms with Crippen LogP contribution in [0.4, 0.5) is 5.13 Å². The molecule has 22 heavy (non-hydrogen) atoms. The van der Waals surface area contributed by atoms with E-state index in [4.69, 9.17) is 9.72 Å². The van der Waals surface area contributed by atoms with E-state index in [-0.39, 0.29) is 11.5 Å². The maximum Gasteiger partial charge on any atom is 0.205 e. The molecule has 2 aromatic rings. The minimum Gasteiger partial charge on any atom is -0.366 e. The molecule has 8 heteroatoms. The molecule has 0 radical (unpaired) electrons. The summed E-state index contributed by atoms with van der Waals surface area (Å²) in [4.78, 5) is 6.93. The Morgan fingerprint density at radius 3 is 2.91 bits per heavy atom. The van der Waals surface area contributed by atoms with E-state index in [9.17, 15) is 0 Å². The molecule has 1 aliphatic rings. The molecule has 1 atom stereocenters. The van der Waals surface area contributed by atoms with Crippen molar-refractivity contribution in [1.82, 2.24) is 24.1 Å². The summed E-state index contributed by atoms with van der Waals surface area (Å²) in [6, 6.07) is 0. The monoisotopic (exact) mass is 322 g/mol. The fourth-order valence-corrected chi connectivity index (χ4v) is 3.28. The van der Waals surface area contributed by atoms with Gasteiger partial charge in [0.1, 0.15) is 18.3 Å². The smallest absolute Gasteiger partial charge is 0.205 e. The van der Waals surface area contributed by atoms with Crippen LogP contribution in [0.1, 0.15) is 45.4 Å². The SMILES string of the molecule is CCn1cnnc1[C@@H]1CN(c2nc(C(C)(C)C)ns2)CCO1. The molecule has 120 valence electrons. The van der Waals surface area contributed by atoms with Gasteiger partial charge in [-0.1, -0.05) is 20.8 Å². The fraction of sp³-hybridized carbons (Fsp3) is 0.714.